The highest BCUT2D eigenvalue weighted by Crippen LogP contribution is 2.41. The van der Waals surface area contributed by atoms with Crippen molar-refractivity contribution in [1.82, 2.24) is 4.90 Å². The van der Waals surface area contributed by atoms with Crippen LogP contribution >= 0.6 is 11.8 Å². The van der Waals surface area contributed by atoms with Crippen LogP contribution in [-0.2, 0) is 4.74 Å². The molecule has 5 heteroatoms. The summed E-state index contributed by atoms with van der Waals surface area (Å²) in [6, 6.07) is 7.31. The third-order valence-electron chi connectivity index (χ3n) is 3.96. The topological polar surface area (TPSA) is 38.8 Å². The van der Waals surface area contributed by atoms with E-state index in [0.717, 1.165) is 49.6 Å². The summed E-state index contributed by atoms with van der Waals surface area (Å²) in [7, 11) is 1.63. The molecule has 3 rings (SSSR count). The number of nitrogens with zero attached hydrogens (tertiary/aromatic N) is 1. The average molecular weight is 293 g/mol. The lowest BCUT2D eigenvalue weighted by Crippen LogP contribution is -2.45. The van der Waals surface area contributed by atoms with Gasteiger partial charge in [0.15, 0.2) is 0 Å². The highest BCUT2D eigenvalue weighted by atomic mass is 32.2. The van der Waals surface area contributed by atoms with E-state index in [4.69, 9.17) is 9.47 Å². The Morgan fingerprint density at radius 1 is 1.30 bits per heavy atom. The average Bonchev–Trinajstić information content (AvgIpc) is 2.96. The molecule has 108 valence electrons. The zero-order valence-corrected chi connectivity index (χ0v) is 12.4. The van der Waals surface area contributed by atoms with E-state index >= 15 is 0 Å². The number of ether oxygens (including phenoxy) is 2. The maximum Gasteiger partial charge on any atom is 0.253 e. The zero-order valence-electron chi connectivity index (χ0n) is 11.6. The maximum absolute atomic E-state index is 12.4. The van der Waals surface area contributed by atoms with E-state index in [0.29, 0.717) is 0 Å². The number of piperidine rings is 1. The number of hydrogen-bond acceptors (Lipinski definition) is 4. The summed E-state index contributed by atoms with van der Waals surface area (Å²) in [5.74, 6) is 1.95. The van der Waals surface area contributed by atoms with Crippen molar-refractivity contribution in [3.63, 3.8) is 0 Å². The van der Waals surface area contributed by atoms with Crippen LogP contribution < -0.4 is 4.74 Å². The number of benzene rings is 1. The molecule has 2 aliphatic heterocycles. The molecule has 0 saturated carbocycles. The van der Waals surface area contributed by atoms with Crippen LogP contribution in [0.4, 0.5) is 0 Å². The first-order chi connectivity index (χ1) is 9.72. The van der Waals surface area contributed by atoms with Crippen molar-refractivity contribution >= 4 is 17.7 Å². The molecule has 2 heterocycles. The molecule has 0 atom stereocenters. The van der Waals surface area contributed by atoms with Gasteiger partial charge in [0, 0.05) is 37.2 Å². The van der Waals surface area contributed by atoms with Crippen LogP contribution in [0.5, 0.6) is 5.75 Å². The number of amides is 1. The van der Waals surface area contributed by atoms with Crippen molar-refractivity contribution in [2.45, 2.75) is 17.8 Å². The molecule has 2 aliphatic rings. The van der Waals surface area contributed by atoms with E-state index in [1.807, 2.05) is 40.9 Å². The molecule has 1 aromatic carbocycles. The molecule has 0 N–H and O–H groups in total. The smallest absolute Gasteiger partial charge is 0.253 e. The van der Waals surface area contributed by atoms with Crippen LogP contribution in [0.1, 0.15) is 23.2 Å². The van der Waals surface area contributed by atoms with Crippen molar-refractivity contribution in [2.24, 2.45) is 0 Å². The highest BCUT2D eigenvalue weighted by Gasteiger charge is 2.40. The Morgan fingerprint density at radius 2 is 2.00 bits per heavy atom. The molecule has 0 bridgehead atoms. The van der Waals surface area contributed by atoms with Gasteiger partial charge in [0.2, 0.25) is 0 Å². The van der Waals surface area contributed by atoms with Gasteiger partial charge in [-0.2, -0.15) is 0 Å². The van der Waals surface area contributed by atoms with E-state index in [-0.39, 0.29) is 10.8 Å². The first-order valence-corrected chi connectivity index (χ1v) is 7.92. The predicted octanol–water partition coefficient (Wildman–Crippen LogP) is 2.39. The Morgan fingerprint density at radius 3 is 2.55 bits per heavy atom. The van der Waals surface area contributed by atoms with Gasteiger partial charge in [-0.1, -0.05) is 0 Å². The molecule has 2 fully saturated rings. The molecule has 0 aromatic heterocycles. The fourth-order valence-electron chi connectivity index (χ4n) is 2.75. The summed E-state index contributed by atoms with van der Waals surface area (Å²) in [5.41, 5.74) is 0.724. The zero-order chi connectivity index (χ0) is 14.0. The number of hydrogen-bond donors (Lipinski definition) is 0. The Hall–Kier alpha value is -1.20. The summed E-state index contributed by atoms with van der Waals surface area (Å²) in [5, 5.41) is 0. The van der Waals surface area contributed by atoms with E-state index < -0.39 is 0 Å². The van der Waals surface area contributed by atoms with Gasteiger partial charge in [0.25, 0.3) is 5.91 Å². The molecule has 0 radical (unpaired) electrons. The third kappa shape index (κ3) is 2.65. The van der Waals surface area contributed by atoms with Gasteiger partial charge in [0.1, 0.15) is 10.7 Å². The van der Waals surface area contributed by atoms with Gasteiger partial charge in [-0.25, -0.2) is 0 Å². The summed E-state index contributed by atoms with van der Waals surface area (Å²) < 4.78 is 11.0. The minimum atomic E-state index is -0.0172. The van der Waals surface area contributed by atoms with Gasteiger partial charge in [0.05, 0.1) is 13.7 Å². The quantitative estimate of drug-likeness (QED) is 0.839. The Labute approximate surface area is 123 Å². The number of methoxy groups -OCH3 is 1. The van der Waals surface area contributed by atoms with Crippen LogP contribution in [0.3, 0.4) is 0 Å². The second kappa shape index (κ2) is 5.66. The molecule has 1 aromatic rings. The third-order valence-corrected chi connectivity index (χ3v) is 5.39. The largest absolute Gasteiger partial charge is 0.497 e. The van der Waals surface area contributed by atoms with Gasteiger partial charge in [-0.15, -0.1) is 11.8 Å². The molecular weight excluding hydrogens is 274 g/mol. The summed E-state index contributed by atoms with van der Waals surface area (Å²) in [4.78, 5) is 14.3. The van der Waals surface area contributed by atoms with Crippen molar-refractivity contribution in [3.8, 4) is 5.75 Å². The summed E-state index contributed by atoms with van der Waals surface area (Å²) >= 11 is 1.90. The van der Waals surface area contributed by atoms with Gasteiger partial charge >= 0.3 is 0 Å². The van der Waals surface area contributed by atoms with Crippen LogP contribution in [0, 0.1) is 0 Å². The van der Waals surface area contributed by atoms with E-state index in [2.05, 4.69) is 0 Å². The minimum Gasteiger partial charge on any atom is -0.497 e. The molecule has 0 unspecified atom stereocenters. The van der Waals surface area contributed by atoms with Crippen LogP contribution in [0.25, 0.3) is 0 Å². The Bertz CT molecular complexity index is 472. The minimum absolute atomic E-state index is 0.0172. The number of rotatable bonds is 2. The monoisotopic (exact) mass is 293 g/mol. The van der Waals surface area contributed by atoms with Crippen LogP contribution in [-0.4, -0.2) is 48.3 Å². The van der Waals surface area contributed by atoms with Crippen LogP contribution in [0.15, 0.2) is 24.3 Å². The Kier molecular flexibility index (Phi) is 3.89. The van der Waals surface area contributed by atoms with Crippen molar-refractivity contribution in [1.29, 1.82) is 0 Å². The van der Waals surface area contributed by atoms with Crippen molar-refractivity contribution in [2.75, 3.05) is 32.6 Å². The lowest BCUT2D eigenvalue weighted by Gasteiger charge is -2.37. The van der Waals surface area contributed by atoms with Gasteiger partial charge in [-0.05, 0) is 24.3 Å². The lowest BCUT2D eigenvalue weighted by molar-refractivity contribution is 0.00353. The molecule has 2 saturated heterocycles. The predicted molar refractivity (Wildman–Crippen MR) is 79.3 cm³/mol. The molecular formula is C15H19NO3S. The fraction of sp³-hybridized carbons (Fsp3) is 0.533. The normalized spacial score (nSPS) is 21.1. The molecule has 1 amide bonds. The molecule has 0 aliphatic carbocycles. The number of carbonyl (C=O) groups excluding carboxylic acids is 1. The number of thioether (sulfide) groups is 1. The molecule has 4 nitrogen and oxygen atoms in total. The van der Waals surface area contributed by atoms with Crippen molar-refractivity contribution < 1.29 is 14.3 Å². The molecule has 1 spiro atoms. The number of likely N-dealkylation sites (tertiary alicyclic amines) is 1. The summed E-state index contributed by atoms with van der Waals surface area (Å²) in [6.45, 7) is 2.40. The number of carbonyl (C=O) groups is 1. The second-order valence-electron chi connectivity index (χ2n) is 5.13. The van der Waals surface area contributed by atoms with E-state index in [1.165, 1.54) is 0 Å². The fourth-order valence-corrected chi connectivity index (χ4v) is 3.93. The molecule has 20 heavy (non-hydrogen) atoms. The first-order valence-electron chi connectivity index (χ1n) is 6.94. The van der Waals surface area contributed by atoms with E-state index in [9.17, 15) is 4.79 Å². The lowest BCUT2D eigenvalue weighted by atomic mass is 10.1. The second-order valence-corrected chi connectivity index (χ2v) is 6.57. The first kappa shape index (κ1) is 13.8. The highest BCUT2D eigenvalue weighted by molar-refractivity contribution is 8.00. The van der Waals surface area contributed by atoms with Gasteiger partial charge < -0.3 is 14.4 Å². The standard InChI is InChI=1S/C15H19NO3S/c1-18-13-4-2-12(3-5-13)14(17)16-8-6-15(7-9-16)19-10-11-20-15/h2-5H,6-11H2,1H3. The van der Waals surface area contributed by atoms with Gasteiger partial charge in [-0.3, -0.25) is 4.79 Å². The maximum atomic E-state index is 12.4. The summed E-state index contributed by atoms with van der Waals surface area (Å²) in [6.07, 6.45) is 1.86. The van der Waals surface area contributed by atoms with E-state index in [1.54, 1.807) is 7.11 Å². The SMILES string of the molecule is COc1ccc(C(=O)N2CCC3(CC2)OCCS3)cc1. The Balaban J connectivity index is 1.63. The van der Waals surface area contributed by atoms with Crippen molar-refractivity contribution in [3.05, 3.63) is 29.8 Å². The van der Waals surface area contributed by atoms with Crippen LogP contribution in [0.2, 0.25) is 0 Å².